The first kappa shape index (κ1) is 23.7. The Morgan fingerprint density at radius 3 is 2.47 bits per heavy atom. The van der Waals surface area contributed by atoms with Crippen LogP contribution in [-0.4, -0.2) is 58.2 Å². The van der Waals surface area contributed by atoms with Gasteiger partial charge in [-0.1, -0.05) is 13.0 Å². The van der Waals surface area contributed by atoms with Crippen LogP contribution in [0.4, 0.5) is 0 Å². The second-order valence-electron chi connectivity index (χ2n) is 10.7. The van der Waals surface area contributed by atoms with Gasteiger partial charge in [0.15, 0.2) is 0 Å². The van der Waals surface area contributed by atoms with Crippen LogP contribution in [0.2, 0.25) is 0 Å². The fourth-order valence-corrected chi connectivity index (χ4v) is 5.72. The second-order valence-corrected chi connectivity index (χ2v) is 11.6. The Morgan fingerprint density at radius 2 is 1.85 bits per heavy atom. The summed E-state index contributed by atoms with van der Waals surface area (Å²) in [4.78, 5) is 29.9. The van der Waals surface area contributed by atoms with Crippen LogP contribution in [0.3, 0.4) is 0 Å². The van der Waals surface area contributed by atoms with E-state index < -0.39 is 0 Å². The molecule has 0 unspecified atom stereocenters. The smallest absolute Gasteiger partial charge is 0.226 e. The maximum Gasteiger partial charge on any atom is 0.226 e. The van der Waals surface area contributed by atoms with E-state index in [4.69, 9.17) is 4.98 Å². The van der Waals surface area contributed by atoms with E-state index in [1.165, 1.54) is 5.56 Å². The van der Waals surface area contributed by atoms with Gasteiger partial charge in [-0.15, -0.1) is 11.8 Å². The molecule has 0 aromatic carbocycles. The van der Waals surface area contributed by atoms with Crippen LogP contribution >= 0.6 is 11.8 Å². The number of hydrogen-bond donors (Lipinski definition) is 1. The molecule has 2 aromatic rings. The fraction of sp³-hybridized carbons (Fsp3) is 0.630. The number of nitrogens with zero attached hydrogens (tertiary/aromatic N) is 4. The lowest BCUT2D eigenvalue weighted by Crippen LogP contribution is -2.58. The highest BCUT2D eigenvalue weighted by Gasteiger charge is 2.48. The van der Waals surface area contributed by atoms with Crippen molar-refractivity contribution in [2.75, 3.05) is 32.4 Å². The Labute approximate surface area is 207 Å². The Balaban J connectivity index is 1.04. The third kappa shape index (κ3) is 5.46. The number of hydrogen-bond acceptors (Lipinski definition) is 6. The number of pyridine rings is 1. The molecule has 2 aliphatic heterocycles. The van der Waals surface area contributed by atoms with Crippen molar-refractivity contribution in [2.24, 2.45) is 17.3 Å². The van der Waals surface area contributed by atoms with Crippen molar-refractivity contribution in [1.82, 2.24) is 25.2 Å². The van der Waals surface area contributed by atoms with Gasteiger partial charge in [-0.25, -0.2) is 9.97 Å². The van der Waals surface area contributed by atoms with Gasteiger partial charge in [0.1, 0.15) is 5.82 Å². The lowest BCUT2D eigenvalue weighted by molar-refractivity contribution is -0.135. The molecular weight excluding hydrogens is 442 g/mol. The molecule has 3 aliphatic rings. The van der Waals surface area contributed by atoms with Gasteiger partial charge in [0.05, 0.1) is 0 Å². The van der Waals surface area contributed by atoms with Gasteiger partial charge in [-0.05, 0) is 73.7 Å². The Bertz CT molecular complexity index is 966. The van der Waals surface area contributed by atoms with Gasteiger partial charge in [-0.3, -0.25) is 9.78 Å². The highest BCUT2D eigenvalue weighted by molar-refractivity contribution is 7.98. The van der Waals surface area contributed by atoms with Gasteiger partial charge in [0.25, 0.3) is 0 Å². The first-order chi connectivity index (χ1) is 16.5. The number of amides is 1. The van der Waals surface area contributed by atoms with Crippen molar-refractivity contribution in [2.45, 2.75) is 62.7 Å². The van der Waals surface area contributed by atoms with Crippen LogP contribution < -0.4 is 5.32 Å². The number of thioether (sulfide) groups is 1. The van der Waals surface area contributed by atoms with Crippen LogP contribution in [0.25, 0.3) is 0 Å². The lowest BCUT2D eigenvalue weighted by atomic mass is 9.73. The molecule has 4 heterocycles. The summed E-state index contributed by atoms with van der Waals surface area (Å²) < 4.78 is 0. The third-order valence-electron chi connectivity index (χ3n) is 8.19. The largest absolute Gasteiger partial charge is 0.342 e. The lowest BCUT2D eigenvalue weighted by Gasteiger charge is -2.48. The van der Waals surface area contributed by atoms with E-state index in [-0.39, 0.29) is 5.92 Å². The van der Waals surface area contributed by atoms with Crippen LogP contribution in [0, 0.1) is 17.3 Å². The maximum atomic E-state index is 13.0. The summed E-state index contributed by atoms with van der Waals surface area (Å²) >= 11 is 1.67. The molecule has 1 aliphatic carbocycles. The third-order valence-corrected chi connectivity index (χ3v) is 8.87. The van der Waals surface area contributed by atoms with E-state index >= 15 is 0 Å². The Morgan fingerprint density at radius 1 is 1.12 bits per heavy atom. The number of likely N-dealkylation sites (tertiary alicyclic amines) is 1. The zero-order valence-corrected chi connectivity index (χ0v) is 21.3. The molecule has 0 radical (unpaired) electrons. The van der Waals surface area contributed by atoms with Crippen LogP contribution in [-0.2, 0) is 17.6 Å². The SMILES string of the molecule is CSc1cnc(CC[C@H](C)CCc2ccc([C@H]3C[C@@H]3C(=O)N3CCC4(CC3)CNC4)cn2)nc1. The van der Waals surface area contributed by atoms with Gasteiger partial charge in [0.2, 0.25) is 5.91 Å². The summed E-state index contributed by atoms with van der Waals surface area (Å²) in [5.74, 6) is 2.46. The maximum absolute atomic E-state index is 13.0. The molecule has 3 atom stereocenters. The summed E-state index contributed by atoms with van der Waals surface area (Å²) in [6.07, 6.45) is 15.3. The van der Waals surface area contributed by atoms with Crippen molar-refractivity contribution in [3.8, 4) is 0 Å². The minimum Gasteiger partial charge on any atom is -0.342 e. The van der Waals surface area contributed by atoms with Gasteiger partial charge < -0.3 is 10.2 Å². The first-order valence-corrected chi connectivity index (χ1v) is 14.1. The predicted molar refractivity (Wildman–Crippen MR) is 136 cm³/mol. The quantitative estimate of drug-likeness (QED) is 0.546. The van der Waals surface area contributed by atoms with Crippen molar-refractivity contribution in [3.05, 3.63) is 47.8 Å². The molecule has 6 nitrogen and oxygen atoms in total. The molecular formula is C27H37N5OS. The van der Waals surface area contributed by atoms with Gasteiger partial charge in [-0.2, -0.15) is 0 Å². The first-order valence-electron chi connectivity index (χ1n) is 12.8. The van der Waals surface area contributed by atoms with Crippen LogP contribution in [0.15, 0.2) is 35.6 Å². The summed E-state index contributed by atoms with van der Waals surface area (Å²) in [5, 5.41) is 3.40. The number of carbonyl (C=O) groups excluding carboxylic acids is 1. The Kier molecular flexibility index (Phi) is 7.21. The van der Waals surface area contributed by atoms with Crippen molar-refractivity contribution in [1.29, 1.82) is 0 Å². The molecule has 5 rings (SSSR count). The summed E-state index contributed by atoms with van der Waals surface area (Å²) in [7, 11) is 0. The average Bonchev–Trinajstić information content (AvgIpc) is 3.66. The molecule has 3 fully saturated rings. The number of rotatable bonds is 9. The van der Waals surface area contributed by atoms with Crippen molar-refractivity contribution >= 4 is 17.7 Å². The predicted octanol–water partition coefficient (Wildman–Crippen LogP) is 4.11. The minimum atomic E-state index is 0.174. The van der Waals surface area contributed by atoms with E-state index in [9.17, 15) is 4.79 Å². The highest BCUT2D eigenvalue weighted by Crippen LogP contribution is 2.49. The number of nitrogens with one attached hydrogen (secondary N) is 1. The van der Waals surface area contributed by atoms with Crippen LogP contribution in [0.5, 0.6) is 0 Å². The molecule has 1 amide bonds. The molecule has 2 aromatic heterocycles. The molecule has 1 saturated carbocycles. The fourth-order valence-electron chi connectivity index (χ4n) is 5.40. The minimum absolute atomic E-state index is 0.174. The van der Waals surface area contributed by atoms with Crippen molar-refractivity contribution in [3.63, 3.8) is 0 Å². The normalized spacial score (nSPS) is 24.0. The highest BCUT2D eigenvalue weighted by atomic mass is 32.2. The molecule has 7 heteroatoms. The van der Waals surface area contributed by atoms with E-state index in [1.54, 1.807) is 11.8 Å². The molecule has 34 heavy (non-hydrogen) atoms. The number of aromatic nitrogens is 3. The van der Waals surface area contributed by atoms with Crippen molar-refractivity contribution < 1.29 is 4.79 Å². The molecule has 182 valence electrons. The van der Waals surface area contributed by atoms with E-state index in [0.717, 1.165) is 87.5 Å². The van der Waals surface area contributed by atoms with E-state index in [2.05, 4.69) is 39.2 Å². The van der Waals surface area contributed by atoms with Gasteiger partial charge in [0, 0.05) is 67.7 Å². The Hall–Kier alpha value is -1.99. The monoisotopic (exact) mass is 479 g/mol. The topological polar surface area (TPSA) is 71.0 Å². The summed E-state index contributed by atoms with van der Waals surface area (Å²) in [6, 6.07) is 4.37. The molecule has 0 bridgehead atoms. The standard InChI is InChI=1S/C27H37N5OS/c1-19(4-8-25-30-15-22(34-2)16-31-25)3-6-21-7-5-20(14-29-21)23-13-24(23)26(33)32-11-9-27(10-12-32)17-28-18-27/h5,7,14-16,19,23-24,28H,3-4,6,8-13,17-18H2,1-2H3/t19-,23-,24+/m1/s1. The zero-order valence-electron chi connectivity index (χ0n) is 20.5. The van der Waals surface area contributed by atoms with Gasteiger partial charge >= 0.3 is 0 Å². The number of carbonyl (C=O) groups is 1. The number of piperidine rings is 1. The second kappa shape index (κ2) is 10.3. The van der Waals surface area contributed by atoms with Crippen LogP contribution in [0.1, 0.15) is 62.0 Å². The summed E-state index contributed by atoms with van der Waals surface area (Å²) in [5.41, 5.74) is 2.87. The molecule has 1 N–H and O–H groups in total. The average molecular weight is 480 g/mol. The zero-order chi connectivity index (χ0) is 23.5. The van der Waals surface area contributed by atoms with E-state index in [0.29, 0.717) is 23.2 Å². The molecule has 1 spiro atoms. The number of aryl methyl sites for hydroxylation is 2. The summed E-state index contributed by atoms with van der Waals surface area (Å²) in [6.45, 7) is 6.45. The molecule has 2 saturated heterocycles. The van der Waals surface area contributed by atoms with E-state index in [1.807, 2.05) is 24.8 Å².